The second-order valence-corrected chi connectivity index (χ2v) is 5.28. The minimum atomic E-state index is -1.74. The minimum Gasteiger partial charge on any atom is -0.456 e. The lowest BCUT2D eigenvalue weighted by Gasteiger charge is -2.44. The van der Waals surface area contributed by atoms with Crippen molar-refractivity contribution in [3.63, 3.8) is 0 Å². The van der Waals surface area contributed by atoms with Crippen LogP contribution in [0.5, 0.6) is 0 Å². The molecule has 0 aromatic heterocycles. The maximum atomic E-state index is 11.3. The van der Waals surface area contributed by atoms with Crippen LogP contribution in [0, 0.1) is 0 Å². The van der Waals surface area contributed by atoms with E-state index in [2.05, 4.69) is 0 Å². The third kappa shape index (κ3) is 4.90. The van der Waals surface area contributed by atoms with Gasteiger partial charge in [0.1, 0.15) is 12.2 Å². The lowest BCUT2D eigenvalue weighted by Crippen LogP contribution is -2.67. The summed E-state index contributed by atoms with van der Waals surface area (Å²) in [4.78, 5) is 45.1. The van der Waals surface area contributed by atoms with Crippen LogP contribution in [0.4, 0.5) is 0 Å². The molecule has 1 fully saturated rings. The molecule has 0 radical (unpaired) electrons. The molecule has 0 saturated heterocycles. The third-order valence-corrected chi connectivity index (χ3v) is 3.20. The van der Waals surface area contributed by atoms with Crippen molar-refractivity contribution >= 4 is 23.9 Å². The molecule has 0 spiro atoms. The van der Waals surface area contributed by atoms with Gasteiger partial charge in [-0.15, -0.1) is 0 Å². The molecule has 2 N–H and O–H groups in total. The monoisotopic (exact) mass is 348 g/mol. The molecule has 136 valence electrons. The first-order valence-corrected chi connectivity index (χ1v) is 7.09. The van der Waals surface area contributed by atoms with Gasteiger partial charge in [-0.3, -0.25) is 19.2 Å². The van der Waals surface area contributed by atoms with Crippen molar-refractivity contribution in [1.29, 1.82) is 0 Å². The molecule has 24 heavy (non-hydrogen) atoms. The van der Waals surface area contributed by atoms with E-state index in [1.807, 2.05) is 0 Å². The van der Waals surface area contributed by atoms with Gasteiger partial charge in [0, 0.05) is 27.7 Å². The van der Waals surface area contributed by atoms with Crippen LogP contribution in [0.2, 0.25) is 0 Å². The van der Waals surface area contributed by atoms with Crippen LogP contribution in [0.1, 0.15) is 27.7 Å². The molecule has 1 rings (SSSR count). The van der Waals surface area contributed by atoms with Crippen LogP contribution in [-0.2, 0) is 38.1 Å². The van der Waals surface area contributed by atoms with Crippen LogP contribution in [-0.4, -0.2) is 70.7 Å². The number of hydrogen-bond donors (Lipinski definition) is 2. The molecule has 0 amide bonds. The fourth-order valence-electron chi connectivity index (χ4n) is 2.46. The summed E-state index contributed by atoms with van der Waals surface area (Å²) in [5.74, 6) is -3.29. The summed E-state index contributed by atoms with van der Waals surface area (Å²) in [6.45, 7) is 4.19. The van der Waals surface area contributed by atoms with Crippen molar-refractivity contribution in [2.45, 2.75) is 64.3 Å². The van der Waals surface area contributed by atoms with E-state index in [4.69, 9.17) is 18.9 Å². The van der Waals surface area contributed by atoms with Gasteiger partial charge in [-0.1, -0.05) is 0 Å². The van der Waals surface area contributed by atoms with Gasteiger partial charge in [-0.05, 0) is 0 Å². The zero-order valence-electron chi connectivity index (χ0n) is 13.6. The fraction of sp³-hybridized carbons (Fsp3) is 0.714. The Kier molecular flexibility index (Phi) is 6.67. The summed E-state index contributed by atoms with van der Waals surface area (Å²) in [5, 5.41) is 20.3. The average molecular weight is 348 g/mol. The fourth-order valence-corrected chi connectivity index (χ4v) is 2.46. The maximum absolute atomic E-state index is 11.3. The van der Waals surface area contributed by atoms with E-state index < -0.39 is 60.5 Å². The van der Waals surface area contributed by atoms with Gasteiger partial charge in [0.15, 0.2) is 24.4 Å². The van der Waals surface area contributed by atoms with Crippen LogP contribution in [0.25, 0.3) is 0 Å². The summed E-state index contributed by atoms with van der Waals surface area (Å²) in [5.41, 5.74) is 0. The molecular weight excluding hydrogens is 328 g/mol. The lowest BCUT2D eigenvalue weighted by molar-refractivity contribution is -0.251. The third-order valence-electron chi connectivity index (χ3n) is 3.20. The second kappa shape index (κ2) is 8.06. The smallest absolute Gasteiger partial charge is 0.303 e. The standard InChI is InChI=1S/C14H20O10/c1-5(15)21-11-9(19)10(20)12(22-6(2)16)14(24-8(4)18)13(11)23-7(3)17/h9-14,19-20H,1-4H3/t9-,10+,11-,12-,13-,14-/m0/s1. The quantitative estimate of drug-likeness (QED) is 0.452. The molecule has 6 atom stereocenters. The number of carbonyl (C=O) groups excluding carboxylic acids is 4. The summed E-state index contributed by atoms with van der Waals surface area (Å²) >= 11 is 0. The Morgan fingerprint density at radius 3 is 0.958 bits per heavy atom. The van der Waals surface area contributed by atoms with Crippen LogP contribution in [0.15, 0.2) is 0 Å². The largest absolute Gasteiger partial charge is 0.456 e. The van der Waals surface area contributed by atoms with Gasteiger partial charge in [-0.25, -0.2) is 0 Å². The van der Waals surface area contributed by atoms with Crippen LogP contribution in [0.3, 0.4) is 0 Å². The summed E-state index contributed by atoms with van der Waals surface area (Å²) in [7, 11) is 0. The first kappa shape index (κ1) is 19.8. The van der Waals surface area contributed by atoms with Gasteiger partial charge in [-0.2, -0.15) is 0 Å². The van der Waals surface area contributed by atoms with E-state index in [1.165, 1.54) is 0 Å². The lowest BCUT2D eigenvalue weighted by atomic mass is 9.84. The van der Waals surface area contributed by atoms with E-state index in [1.54, 1.807) is 0 Å². The first-order chi connectivity index (χ1) is 11.0. The zero-order chi connectivity index (χ0) is 18.6. The van der Waals surface area contributed by atoms with Crippen molar-refractivity contribution in [1.82, 2.24) is 0 Å². The highest BCUT2D eigenvalue weighted by Crippen LogP contribution is 2.30. The number of hydrogen-bond acceptors (Lipinski definition) is 10. The molecule has 0 bridgehead atoms. The molecule has 0 unspecified atom stereocenters. The Labute approximate surface area is 137 Å². The second-order valence-electron chi connectivity index (χ2n) is 5.28. The van der Waals surface area contributed by atoms with E-state index in [9.17, 15) is 29.4 Å². The van der Waals surface area contributed by atoms with Crippen molar-refractivity contribution in [3.8, 4) is 0 Å². The van der Waals surface area contributed by atoms with Gasteiger partial charge >= 0.3 is 23.9 Å². The summed E-state index contributed by atoms with van der Waals surface area (Å²) in [6.07, 6.45) is -9.46. The minimum absolute atomic E-state index is 0.820. The van der Waals surface area contributed by atoms with E-state index in [0.29, 0.717) is 0 Å². The predicted molar refractivity (Wildman–Crippen MR) is 74.2 cm³/mol. The molecular formula is C14H20O10. The first-order valence-electron chi connectivity index (χ1n) is 7.09. The van der Waals surface area contributed by atoms with Gasteiger partial charge in [0.2, 0.25) is 0 Å². The van der Waals surface area contributed by atoms with Crippen LogP contribution < -0.4 is 0 Å². The molecule has 0 aliphatic heterocycles. The average Bonchev–Trinajstić information content (AvgIpc) is 2.42. The van der Waals surface area contributed by atoms with Crippen molar-refractivity contribution < 1.29 is 48.3 Å². The molecule has 0 heterocycles. The molecule has 1 aliphatic rings. The number of rotatable bonds is 4. The number of carbonyl (C=O) groups is 4. The molecule has 10 nitrogen and oxygen atoms in total. The topological polar surface area (TPSA) is 146 Å². The van der Waals surface area contributed by atoms with Gasteiger partial charge < -0.3 is 29.2 Å². The normalized spacial score (nSPS) is 32.4. The van der Waals surface area contributed by atoms with Crippen molar-refractivity contribution in [3.05, 3.63) is 0 Å². The van der Waals surface area contributed by atoms with Crippen molar-refractivity contribution in [2.75, 3.05) is 0 Å². The molecule has 10 heteroatoms. The Bertz CT molecular complexity index is 470. The predicted octanol–water partition coefficient (Wildman–Crippen LogP) is -1.55. The van der Waals surface area contributed by atoms with E-state index in [-0.39, 0.29) is 0 Å². The zero-order valence-corrected chi connectivity index (χ0v) is 13.6. The van der Waals surface area contributed by atoms with E-state index in [0.717, 1.165) is 27.7 Å². The highest BCUT2D eigenvalue weighted by atomic mass is 16.6. The van der Waals surface area contributed by atoms with Gasteiger partial charge in [0.05, 0.1) is 0 Å². The highest BCUT2D eigenvalue weighted by Gasteiger charge is 2.56. The Morgan fingerprint density at radius 1 is 0.542 bits per heavy atom. The SMILES string of the molecule is CC(=O)O[C@@H]1[C@@H](OC(C)=O)[C@@H](OC(C)=O)[C@@H](O)[C@@H](O)[C@@H]1OC(C)=O. The summed E-state index contributed by atoms with van der Waals surface area (Å²) < 4.78 is 19.8. The van der Waals surface area contributed by atoms with Crippen LogP contribution >= 0.6 is 0 Å². The number of ether oxygens (including phenoxy) is 4. The Morgan fingerprint density at radius 2 is 0.750 bits per heavy atom. The maximum Gasteiger partial charge on any atom is 0.303 e. The molecule has 0 aromatic rings. The summed E-state index contributed by atoms with van der Waals surface area (Å²) in [6, 6.07) is 0. The van der Waals surface area contributed by atoms with Crippen molar-refractivity contribution in [2.24, 2.45) is 0 Å². The number of aliphatic hydroxyl groups excluding tert-OH is 2. The van der Waals surface area contributed by atoms with Gasteiger partial charge in [0.25, 0.3) is 0 Å². The van der Waals surface area contributed by atoms with E-state index >= 15 is 0 Å². The highest BCUT2D eigenvalue weighted by molar-refractivity contribution is 5.69. The molecule has 0 aromatic carbocycles. The Balaban J connectivity index is 3.28. The molecule has 1 aliphatic carbocycles. The molecule has 1 saturated carbocycles. The Hall–Kier alpha value is -2.20. The number of esters is 4. The number of aliphatic hydroxyl groups is 2.